The largest absolute Gasteiger partial charge is 0.419 e. The zero-order valence-electron chi connectivity index (χ0n) is 12.6. The molecule has 9 heteroatoms. The van der Waals surface area contributed by atoms with Crippen LogP contribution in [0, 0.1) is 11.6 Å². The number of rotatable bonds is 4. The second-order valence-electron chi connectivity index (χ2n) is 4.81. The average molecular weight is 373 g/mol. The van der Waals surface area contributed by atoms with E-state index in [-0.39, 0.29) is 11.2 Å². The van der Waals surface area contributed by atoms with Crippen molar-refractivity contribution >= 4 is 23.1 Å². The summed E-state index contributed by atoms with van der Waals surface area (Å²) in [6, 6.07) is 9.83. The summed E-state index contributed by atoms with van der Waals surface area (Å²) in [4.78, 5) is 0. The first kappa shape index (κ1) is 18.9. The molecule has 25 heavy (non-hydrogen) atoms. The van der Waals surface area contributed by atoms with E-state index < -0.39 is 28.9 Å². The minimum absolute atomic E-state index is 0.0543. The van der Waals surface area contributed by atoms with Crippen molar-refractivity contribution in [2.45, 2.75) is 11.9 Å². The predicted octanol–water partition coefficient (Wildman–Crippen LogP) is 4.57. The van der Waals surface area contributed by atoms with Crippen LogP contribution in [0.2, 0.25) is 0 Å². The summed E-state index contributed by atoms with van der Waals surface area (Å²) >= 11 is 1.16. The van der Waals surface area contributed by atoms with E-state index in [0.29, 0.717) is 11.8 Å². The van der Waals surface area contributed by atoms with Crippen LogP contribution in [0.25, 0.3) is 0 Å². The number of nitrogens with two attached hydrogens (primary N) is 1. The fraction of sp³-hybridized carbons (Fsp3) is 0.125. The molecule has 2 rings (SSSR count). The fourth-order valence-corrected chi connectivity index (χ4v) is 2.40. The number of amidine groups is 1. The molecular weight excluding hydrogens is 361 g/mol. The second-order valence-corrected chi connectivity index (χ2v) is 5.80. The van der Waals surface area contributed by atoms with Gasteiger partial charge in [-0.3, -0.25) is 0 Å². The topological polar surface area (TPSA) is 50.7 Å². The second kappa shape index (κ2) is 8.11. The average Bonchev–Trinajstić information content (AvgIpc) is 2.54. The van der Waals surface area contributed by atoms with Gasteiger partial charge in [0, 0.05) is 17.4 Å². The first-order chi connectivity index (χ1) is 11.8. The molecule has 0 saturated carbocycles. The van der Waals surface area contributed by atoms with Gasteiger partial charge in [-0.05, 0) is 11.6 Å². The number of nitrogens with zero attached hydrogens (tertiary/aromatic N) is 2. The van der Waals surface area contributed by atoms with E-state index in [4.69, 9.17) is 5.73 Å². The number of thioether (sulfide) groups is 1. The van der Waals surface area contributed by atoms with Crippen molar-refractivity contribution < 1.29 is 22.0 Å². The number of benzene rings is 2. The lowest BCUT2D eigenvalue weighted by atomic mass is 10.1. The van der Waals surface area contributed by atoms with Gasteiger partial charge in [0.25, 0.3) is 0 Å². The summed E-state index contributed by atoms with van der Waals surface area (Å²) < 4.78 is 64.6. The molecule has 0 saturated heterocycles. The van der Waals surface area contributed by atoms with E-state index in [9.17, 15) is 22.0 Å². The van der Waals surface area contributed by atoms with Crippen LogP contribution in [-0.2, 0) is 11.9 Å². The van der Waals surface area contributed by atoms with Crippen LogP contribution in [-0.4, -0.2) is 11.4 Å². The molecule has 0 aliphatic heterocycles. The Morgan fingerprint density at radius 3 is 2.40 bits per heavy atom. The van der Waals surface area contributed by atoms with Crippen molar-refractivity contribution in [2.24, 2.45) is 15.9 Å². The standard InChI is InChI=1S/C16H12F5N3S/c17-13-7-14(18)12(16(19,20)21)6-11(13)8-23-24-15(22)25-9-10-4-2-1-3-5-10/h1-8H,9H2,(H2,22,24). The maximum atomic E-state index is 13.5. The summed E-state index contributed by atoms with van der Waals surface area (Å²) in [7, 11) is 0. The molecule has 2 aromatic carbocycles. The van der Waals surface area contributed by atoms with E-state index in [0.717, 1.165) is 23.5 Å². The minimum Gasteiger partial charge on any atom is -0.377 e. The normalized spacial score (nSPS) is 12.8. The molecule has 2 aromatic rings. The summed E-state index contributed by atoms with van der Waals surface area (Å²) in [5.41, 5.74) is 4.49. The first-order valence-electron chi connectivity index (χ1n) is 6.87. The third kappa shape index (κ3) is 5.56. The Hall–Kier alpha value is -2.42. The molecule has 0 heterocycles. The van der Waals surface area contributed by atoms with Gasteiger partial charge >= 0.3 is 6.18 Å². The Balaban J connectivity index is 2.08. The van der Waals surface area contributed by atoms with Gasteiger partial charge in [0.1, 0.15) is 11.6 Å². The van der Waals surface area contributed by atoms with Crippen LogP contribution >= 0.6 is 11.8 Å². The summed E-state index contributed by atoms with van der Waals surface area (Å²) in [6.45, 7) is 0. The van der Waals surface area contributed by atoms with Crippen LogP contribution in [0.4, 0.5) is 22.0 Å². The minimum atomic E-state index is -4.94. The van der Waals surface area contributed by atoms with E-state index in [1.165, 1.54) is 0 Å². The van der Waals surface area contributed by atoms with Crippen molar-refractivity contribution in [1.82, 2.24) is 0 Å². The van der Waals surface area contributed by atoms with Crippen molar-refractivity contribution in [3.8, 4) is 0 Å². The highest BCUT2D eigenvalue weighted by molar-refractivity contribution is 8.13. The van der Waals surface area contributed by atoms with Crippen LogP contribution in [0.15, 0.2) is 52.7 Å². The fourth-order valence-electron chi connectivity index (χ4n) is 1.79. The molecule has 0 amide bonds. The van der Waals surface area contributed by atoms with Crippen LogP contribution < -0.4 is 5.73 Å². The van der Waals surface area contributed by atoms with Crippen molar-refractivity contribution in [3.63, 3.8) is 0 Å². The third-order valence-electron chi connectivity index (χ3n) is 2.97. The van der Waals surface area contributed by atoms with Crippen LogP contribution in [0.3, 0.4) is 0 Å². The van der Waals surface area contributed by atoms with Gasteiger partial charge in [-0.25, -0.2) is 8.78 Å². The SMILES string of the molecule is NC(=NN=Cc1cc(C(F)(F)F)c(F)cc1F)SCc1ccccc1. The maximum absolute atomic E-state index is 13.5. The quantitative estimate of drug-likeness (QED) is 0.370. The van der Waals surface area contributed by atoms with Crippen LogP contribution in [0.5, 0.6) is 0 Å². The van der Waals surface area contributed by atoms with Gasteiger partial charge in [0.15, 0.2) is 5.17 Å². The van der Waals surface area contributed by atoms with Gasteiger partial charge in [0.05, 0.1) is 11.8 Å². The number of halogens is 5. The zero-order chi connectivity index (χ0) is 18.4. The highest BCUT2D eigenvalue weighted by Crippen LogP contribution is 2.32. The zero-order valence-corrected chi connectivity index (χ0v) is 13.4. The van der Waals surface area contributed by atoms with Gasteiger partial charge in [-0.15, -0.1) is 5.10 Å². The molecule has 0 atom stereocenters. The highest BCUT2D eigenvalue weighted by atomic mass is 32.2. The third-order valence-corrected chi connectivity index (χ3v) is 3.83. The number of hydrogen-bond acceptors (Lipinski definition) is 3. The van der Waals surface area contributed by atoms with E-state index in [1.54, 1.807) is 0 Å². The lowest BCUT2D eigenvalue weighted by molar-refractivity contribution is -0.140. The van der Waals surface area contributed by atoms with Gasteiger partial charge < -0.3 is 5.73 Å². The van der Waals surface area contributed by atoms with Crippen molar-refractivity contribution in [1.29, 1.82) is 0 Å². The molecular formula is C16H12F5N3S. The Labute approximate surface area is 144 Å². The van der Waals surface area contributed by atoms with Crippen molar-refractivity contribution in [3.05, 3.63) is 70.8 Å². The monoisotopic (exact) mass is 373 g/mol. The predicted molar refractivity (Wildman–Crippen MR) is 88.3 cm³/mol. The molecule has 0 radical (unpaired) electrons. The summed E-state index contributed by atoms with van der Waals surface area (Å²) in [5, 5.41) is 7.08. The Bertz CT molecular complexity index is 788. The van der Waals surface area contributed by atoms with Gasteiger partial charge in [-0.1, -0.05) is 42.1 Å². The molecule has 0 spiro atoms. The van der Waals surface area contributed by atoms with Crippen molar-refractivity contribution in [2.75, 3.05) is 0 Å². The highest BCUT2D eigenvalue weighted by Gasteiger charge is 2.34. The molecule has 2 N–H and O–H groups in total. The lowest BCUT2D eigenvalue weighted by Crippen LogP contribution is -2.10. The summed E-state index contributed by atoms with van der Waals surface area (Å²) in [6.07, 6.45) is -4.19. The molecule has 3 nitrogen and oxygen atoms in total. The molecule has 0 aromatic heterocycles. The Morgan fingerprint density at radius 1 is 1.08 bits per heavy atom. The number of alkyl halides is 3. The van der Waals surface area contributed by atoms with E-state index in [2.05, 4.69) is 10.2 Å². The van der Waals surface area contributed by atoms with E-state index >= 15 is 0 Å². The molecule has 0 unspecified atom stereocenters. The molecule has 0 bridgehead atoms. The van der Waals surface area contributed by atoms with E-state index in [1.807, 2.05) is 30.3 Å². The van der Waals surface area contributed by atoms with Crippen LogP contribution in [0.1, 0.15) is 16.7 Å². The maximum Gasteiger partial charge on any atom is 0.419 e. The molecule has 0 aliphatic carbocycles. The smallest absolute Gasteiger partial charge is 0.377 e. The molecule has 132 valence electrons. The Kier molecular flexibility index (Phi) is 6.13. The Morgan fingerprint density at radius 2 is 1.76 bits per heavy atom. The van der Waals surface area contributed by atoms with Gasteiger partial charge in [-0.2, -0.15) is 18.3 Å². The summed E-state index contributed by atoms with van der Waals surface area (Å²) in [5.74, 6) is -2.35. The number of hydrogen-bond donors (Lipinski definition) is 1. The first-order valence-corrected chi connectivity index (χ1v) is 7.85. The molecule has 0 fully saturated rings. The molecule has 0 aliphatic rings. The lowest BCUT2D eigenvalue weighted by Gasteiger charge is -2.08. The van der Waals surface area contributed by atoms with Gasteiger partial charge in [0.2, 0.25) is 0 Å².